The highest BCUT2D eigenvalue weighted by Crippen LogP contribution is 2.29. The number of anilines is 2. The van der Waals surface area contributed by atoms with E-state index in [-0.39, 0.29) is 24.9 Å². The Morgan fingerprint density at radius 3 is 2.28 bits per heavy atom. The van der Waals surface area contributed by atoms with Gasteiger partial charge in [-0.15, -0.1) is 11.3 Å². The number of amides is 4. The zero-order valence-electron chi connectivity index (χ0n) is 21.5. The Labute approximate surface area is 229 Å². The first-order valence-electron chi connectivity index (χ1n) is 12.2. The number of nitrogens with one attached hydrogen (secondary N) is 3. The molecule has 9 nitrogen and oxygen atoms in total. The van der Waals surface area contributed by atoms with Crippen molar-refractivity contribution in [2.75, 3.05) is 16.8 Å². The van der Waals surface area contributed by atoms with Gasteiger partial charge < -0.3 is 20.4 Å². The van der Waals surface area contributed by atoms with Crippen LogP contribution in [0.15, 0.2) is 88.9 Å². The van der Waals surface area contributed by atoms with Crippen LogP contribution in [0.2, 0.25) is 0 Å². The van der Waals surface area contributed by atoms with Gasteiger partial charge in [0.1, 0.15) is 11.8 Å². The molecule has 2 heterocycles. The second-order valence-electron chi connectivity index (χ2n) is 8.76. The molecule has 10 heteroatoms. The van der Waals surface area contributed by atoms with Gasteiger partial charge >= 0.3 is 0 Å². The van der Waals surface area contributed by atoms with Gasteiger partial charge in [-0.3, -0.25) is 24.1 Å². The number of furan rings is 1. The summed E-state index contributed by atoms with van der Waals surface area (Å²) in [6.07, 6.45) is 1.52. The summed E-state index contributed by atoms with van der Waals surface area (Å²) in [7, 11) is 0. The molecule has 2 aromatic heterocycles. The van der Waals surface area contributed by atoms with Gasteiger partial charge in [0.2, 0.25) is 17.7 Å². The molecule has 0 fully saturated rings. The average molecular weight is 545 g/mol. The van der Waals surface area contributed by atoms with E-state index in [1.54, 1.807) is 66.0 Å². The molecule has 0 aliphatic carbocycles. The molecular weight excluding hydrogens is 516 g/mol. The number of benzene rings is 2. The predicted octanol–water partition coefficient (Wildman–Crippen LogP) is 4.43. The molecule has 3 N–H and O–H groups in total. The number of carbonyl (C=O) groups excluding carboxylic acids is 4. The third-order valence-electron chi connectivity index (χ3n) is 5.80. The van der Waals surface area contributed by atoms with Crippen LogP contribution in [0.25, 0.3) is 0 Å². The van der Waals surface area contributed by atoms with E-state index in [0.29, 0.717) is 27.6 Å². The highest BCUT2D eigenvalue weighted by atomic mass is 32.1. The van der Waals surface area contributed by atoms with E-state index in [9.17, 15) is 19.2 Å². The number of thiophene rings is 1. The topological polar surface area (TPSA) is 121 Å². The molecule has 0 saturated heterocycles. The lowest BCUT2D eigenvalue weighted by molar-refractivity contribution is -0.126. The van der Waals surface area contributed by atoms with Crippen LogP contribution in [0.5, 0.6) is 0 Å². The van der Waals surface area contributed by atoms with Gasteiger partial charge in [0, 0.05) is 18.3 Å². The first-order chi connectivity index (χ1) is 18.8. The van der Waals surface area contributed by atoms with Gasteiger partial charge in [-0.25, -0.2) is 0 Å². The highest BCUT2D eigenvalue weighted by molar-refractivity contribution is 7.12. The van der Waals surface area contributed by atoms with E-state index in [2.05, 4.69) is 16.0 Å². The summed E-state index contributed by atoms with van der Waals surface area (Å²) in [5.74, 6) is -0.980. The van der Waals surface area contributed by atoms with Crippen LogP contribution < -0.4 is 20.9 Å². The van der Waals surface area contributed by atoms with Crippen molar-refractivity contribution >= 4 is 46.3 Å². The van der Waals surface area contributed by atoms with Crippen LogP contribution in [0.1, 0.15) is 39.5 Å². The zero-order chi connectivity index (χ0) is 27.8. The molecule has 4 rings (SSSR count). The molecule has 1 atom stereocenters. The van der Waals surface area contributed by atoms with E-state index in [4.69, 9.17) is 4.42 Å². The standard InChI is InChI=1S/C29H28N4O5S/c1-19-7-9-21(10-8-19)27(29(37)30-17-24-5-3-15-38-24)33(23-13-11-22(12-14-23)32-20(2)34)26(35)18-31-28(36)25-6-4-16-39-25/h3-16,27H,17-18H2,1-2H3,(H,30,37)(H,31,36)(H,32,34)/t27-/m1/s1. The van der Waals surface area contributed by atoms with E-state index < -0.39 is 17.9 Å². The van der Waals surface area contributed by atoms with Crippen molar-refractivity contribution in [2.45, 2.75) is 26.4 Å². The van der Waals surface area contributed by atoms with Crippen molar-refractivity contribution in [2.24, 2.45) is 0 Å². The highest BCUT2D eigenvalue weighted by Gasteiger charge is 2.33. The Hall–Kier alpha value is -4.70. The van der Waals surface area contributed by atoms with Crippen molar-refractivity contribution in [3.05, 3.63) is 106 Å². The van der Waals surface area contributed by atoms with Gasteiger partial charge in [0.25, 0.3) is 5.91 Å². The Balaban J connectivity index is 1.68. The molecule has 0 radical (unpaired) electrons. The second kappa shape index (κ2) is 12.7. The normalized spacial score (nSPS) is 11.3. The maximum atomic E-state index is 13.7. The van der Waals surface area contributed by atoms with Gasteiger partial charge in [0.15, 0.2) is 0 Å². The minimum atomic E-state index is -1.06. The van der Waals surface area contributed by atoms with Gasteiger partial charge in [0.05, 0.1) is 24.2 Å². The summed E-state index contributed by atoms with van der Waals surface area (Å²) in [6.45, 7) is 3.13. The first kappa shape index (κ1) is 27.3. The van der Waals surface area contributed by atoms with Crippen molar-refractivity contribution in [1.29, 1.82) is 0 Å². The molecule has 39 heavy (non-hydrogen) atoms. The summed E-state index contributed by atoms with van der Waals surface area (Å²) in [5, 5.41) is 9.98. The zero-order valence-corrected chi connectivity index (χ0v) is 22.3. The van der Waals surface area contributed by atoms with Crippen molar-refractivity contribution in [3.8, 4) is 0 Å². The van der Waals surface area contributed by atoms with Crippen LogP contribution in [-0.4, -0.2) is 30.2 Å². The summed E-state index contributed by atoms with van der Waals surface area (Å²) < 4.78 is 5.35. The number of rotatable bonds is 10. The summed E-state index contributed by atoms with van der Waals surface area (Å²) in [4.78, 5) is 53.3. The quantitative estimate of drug-likeness (QED) is 0.273. The fourth-order valence-corrected chi connectivity index (χ4v) is 4.57. The molecule has 4 aromatic rings. The van der Waals surface area contributed by atoms with E-state index in [1.165, 1.54) is 29.4 Å². The summed E-state index contributed by atoms with van der Waals surface area (Å²) >= 11 is 1.26. The van der Waals surface area contributed by atoms with Crippen LogP contribution in [0.4, 0.5) is 11.4 Å². The largest absolute Gasteiger partial charge is 0.467 e. The molecule has 2 aromatic carbocycles. The molecule has 0 unspecified atom stereocenters. The molecule has 200 valence electrons. The second-order valence-corrected chi connectivity index (χ2v) is 9.71. The number of aryl methyl sites for hydroxylation is 1. The number of hydrogen-bond donors (Lipinski definition) is 3. The van der Waals surface area contributed by atoms with E-state index >= 15 is 0 Å². The third-order valence-corrected chi connectivity index (χ3v) is 6.66. The molecule has 0 saturated carbocycles. The number of nitrogens with zero attached hydrogens (tertiary/aromatic N) is 1. The Morgan fingerprint density at radius 1 is 0.923 bits per heavy atom. The third kappa shape index (κ3) is 7.20. The Morgan fingerprint density at radius 2 is 1.67 bits per heavy atom. The van der Waals surface area contributed by atoms with Crippen LogP contribution >= 0.6 is 11.3 Å². The Kier molecular flexibility index (Phi) is 8.90. The minimum Gasteiger partial charge on any atom is -0.467 e. The first-order valence-corrected chi connectivity index (χ1v) is 13.1. The van der Waals surface area contributed by atoms with Crippen LogP contribution in [0.3, 0.4) is 0 Å². The molecule has 0 aliphatic heterocycles. The molecule has 4 amide bonds. The molecule has 0 spiro atoms. The minimum absolute atomic E-state index is 0.132. The van der Waals surface area contributed by atoms with Crippen LogP contribution in [-0.2, 0) is 20.9 Å². The number of carbonyl (C=O) groups is 4. The SMILES string of the molecule is CC(=O)Nc1ccc(N(C(=O)CNC(=O)c2cccs2)[C@@H](C(=O)NCc2ccco2)c2ccc(C)cc2)cc1. The van der Waals surface area contributed by atoms with E-state index in [1.807, 2.05) is 19.1 Å². The van der Waals surface area contributed by atoms with Crippen molar-refractivity contribution in [1.82, 2.24) is 10.6 Å². The average Bonchev–Trinajstić information content (AvgIpc) is 3.65. The monoisotopic (exact) mass is 544 g/mol. The molecular formula is C29H28N4O5S. The Bertz CT molecular complexity index is 1420. The van der Waals surface area contributed by atoms with Crippen molar-refractivity contribution in [3.63, 3.8) is 0 Å². The van der Waals surface area contributed by atoms with Gasteiger partial charge in [-0.05, 0) is 60.3 Å². The lowest BCUT2D eigenvalue weighted by Crippen LogP contribution is -2.47. The fraction of sp³-hybridized carbons (Fsp3) is 0.172. The molecule has 0 aliphatic rings. The van der Waals surface area contributed by atoms with Gasteiger partial charge in [-0.1, -0.05) is 35.9 Å². The van der Waals surface area contributed by atoms with Crippen molar-refractivity contribution < 1.29 is 23.6 Å². The smallest absolute Gasteiger partial charge is 0.261 e. The molecule has 0 bridgehead atoms. The van der Waals surface area contributed by atoms with Gasteiger partial charge in [-0.2, -0.15) is 0 Å². The lowest BCUT2D eigenvalue weighted by atomic mass is 10.0. The predicted molar refractivity (Wildman–Crippen MR) is 149 cm³/mol. The maximum absolute atomic E-state index is 13.7. The maximum Gasteiger partial charge on any atom is 0.261 e. The van der Waals surface area contributed by atoms with Crippen LogP contribution in [0, 0.1) is 6.92 Å². The fourth-order valence-electron chi connectivity index (χ4n) is 3.93. The summed E-state index contributed by atoms with van der Waals surface area (Å²) in [5.41, 5.74) is 2.53. The lowest BCUT2D eigenvalue weighted by Gasteiger charge is -2.32. The van der Waals surface area contributed by atoms with E-state index in [0.717, 1.165) is 5.56 Å². The number of hydrogen-bond acceptors (Lipinski definition) is 6. The summed E-state index contributed by atoms with van der Waals surface area (Å²) in [6, 6.07) is 19.7.